The van der Waals surface area contributed by atoms with E-state index in [2.05, 4.69) is 17.2 Å². The molecule has 1 heterocycles. The van der Waals surface area contributed by atoms with Gasteiger partial charge in [0.25, 0.3) is 0 Å². The van der Waals surface area contributed by atoms with Gasteiger partial charge < -0.3 is 10.4 Å². The van der Waals surface area contributed by atoms with Gasteiger partial charge in [0.05, 0.1) is 0 Å². The molecule has 0 aromatic carbocycles. The molecule has 0 spiro atoms. The lowest BCUT2D eigenvalue weighted by Crippen LogP contribution is -2.00. The first-order valence-electron chi connectivity index (χ1n) is 3.73. The molecule has 1 aromatic heterocycles. The summed E-state index contributed by atoms with van der Waals surface area (Å²) < 4.78 is 0. The van der Waals surface area contributed by atoms with Crippen LogP contribution in [0.3, 0.4) is 0 Å². The molecule has 0 atom stereocenters. The summed E-state index contributed by atoms with van der Waals surface area (Å²) in [4.78, 5) is 3.86. The van der Waals surface area contributed by atoms with Gasteiger partial charge in [-0.2, -0.15) is 4.98 Å². The molecule has 2 N–H and O–H groups in total. The first-order valence-corrected chi connectivity index (χ1v) is 3.73. The molecule has 0 fully saturated rings. The van der Waals surface area contributed by atoms with Gasteiger partial charge in [-0.3, -0.25) is 0 Å². The summed E-state index contributed by atoms with van der Waals surface area (Å²) in [6.45, 7) is 2.96. The van der Waals surface area contributed by atoms with Gasteiger partial charge in [-0.05, 0) is 12.5 Å². The third-order valence-corrected chi connectivity index (χ3v) is 1.29. The fourth-order valence-electron chi connectivity index (χ4n) is 0.775. The van der Waals surface area contributed by atoms with Gasteiger partial charge in [0.1, 0.15) is 5.82 Å². The highest BCUT2D eigenvalue weighted by atomic mass is 16.3. The zero-order valence-electron chi connectivity index (χ0n) is 6.54. The number of nitrogens with one attached hydrogen (secondary N) is 1. The third-order valence-electron chi connectivity index (χ3n) is 1.29. The van der Waals surface area contributed by atoms with Gasteiger partial charge in [0.2, 0.25) is 5.88 Å². The molecule has 3 nitrogen and oxygen atoms in total. The molecular formula is C8H12N2O. The Morgan fingerprint density at radius 3 is 3.00 bits per heavy atom. The number of aromatic nitrogens is 1. The Morgan fingerprint density at radius 1 is 1.55 bits per heavy atom. The SMILES string of the molecule is CCCNc1cccc(O)n1. The van der Waals surface area contributed by atoms with Crippen LogP contribution in [0.15, 0.2) is 18.2 Å². The number of rotatable bonds is 3. The molecule has 11 heavy (non-hydrogen) atoms. The van der Waals surface area contributed by atoms with E-state index in [0.29, 0.717) is 0 Å². The molecule has 60 valence electrons. The van der Waals surface area contributed by atoms with Crippen LogP contribution in [0, 0.1) is 0 Å². The lowest BCUT2D eigenvalue weighted by atomic mass is 10.4. The molecule has 0 aliphatic rings. The number of aromatic hydroxyl groups is 1. The summed E-state index contributed by atoms with van der Waals surface area (Å²) in [7, 11) is 0. The van der Waals surface area contributed by atoms with Crippen LogP contribution in [0.25, 0.3) is 0 Å². The van der Waals surface area contributed by atoms with Gasteiger partial charge in [-0.1, -0.05) is 13.0 Å². The molecule has 0 bridgehead atoms. The summed E-state index contributed by atoms with van der Waals surface area (Å²) in [6.07, 6.45) is 1.05. The van der Waals surface area contributed by atoms with Crippen molar-refractivity contribution in [3.8, 4) is 5.88 Å². The molecule has 1 aromatic rings. The minimum absolute atomic E-state index is 0.0612. The molecule has 0 saturated carbocycles. The van der Waals surface area contributed by atoms with Gasteiger partial charge >= 0.3 is 0 Å². The van der Waals surface area contributed by atoms with Gasteiger partial charge in [0.15, 0.2) is 0 Å². The number of nitrogens with zero attached hydrogens (tertiary/aromatic N) is 1. The van der Waals surface area contributed by atoms with Crippen molar-refractivity contribution in [1.82, 2.24) is 4.98 Å². The quantitative estimate of drug-likeness (QED) is 0.691. The van der Waals surface area contributed by atoms with Crippen molar-refractivity contribution in [3.63, 3.8) is 0 Å². The Morgan fingerprint density at radius 2 is 2.36 bits per heavy atom. The highest BCUT2D eigenvalue weighted by Crippen LogP contribution is 2.08. The monoisotopic (exact) mass is 152 g/mol. The lowest BCUT2D eigenvalue weighted by molar-refractivity contribution is 0.454. The molecule has 0 saturated heterocycles. The maximum Gasteiger partial charge on any atom is 0.212 e. The van der Waals surface area contributed by atoms with E-state index in [1.54, 1.807) is 12.1 Å². The first kappa shape index (κ1) is 7.85. The second-order valence-corrected chi connectivity index (χ2v) is 2.31. The van der Waals surface area contributed by atoms with Crippen LogP contribution in [-0.2, 0) is 0 Å². The van der Waals surface area contributed by atoms with Crippen LogP contribution in [0.1, 0.15) is 13.3 Å². The van der Waals surface area contributed by atoms with E-state index in [1.807, 2.05) is 6.07 Å². The van der Waals surface area contributed by atoms with Gasteiger partial charge in [-0.25, -0.2) is 0 Å². The Labute approximate surface area is 66.1 Å². The van der Waals surface area contributed by atoms with Crippen molar-refractivity contribution in [2.45, 2.75) is 13.3 Å². The van der Waals surface area contributed by atoms with Crippen LogP contribution >= 0.6 is 0 Å². The first-order chi connectivity index (χ1) is 5.33. The maximum atomic E-state index is 8.96. The van der Waals surface area contributed by atoms with E-state index in [4.69, 9.17) is 5.11 Å². The minimum atomic E-state index is 0.0612. The Bertz CT molecular complexity index is 225. The van der Waals surface area contributed by atoms with Crippen molar-refractivity contribution in [3.05, 3.63) is 18.2 Å². The highest BCUT2D eigenvalue weighted by molar-refractivity contribution is 5.36. The molecule has 1 rings (SSSR count). The van der Waals surface area contributed by atoms with Crippen molar-refractivity contribution >= 4 is 5.82 Å². The van der Waals surface area contributed by atoms with Crippen LogP contribution in [-0.4, -0.2) is 16.6 Å². The van der Waals surface area contributed by atoms with Crippen molar-refractivity contribution in [1.29, 1.82) is 0 Å². The zero-order valence-corrected chi connectivity index (χ0v) is 6.54. The smallest absolute Gasteiger partial charge is 0.212 e. The second kappa shape index (κ2) is 3.81. The van der Waals surface area contributed by atoms with Crippen molar-refractivity contribution < 1.29 is 5.11 Å². The average molecular weight is 152 g/mol. The lowest BCUT2D eigenvalue weighted by Gasteiger charge is -2.02. The third kappa shape index (κ3) is 2.45. The van der Waals surface area contributed by atoms with E-state index in [9.17, 15) is 0 Å². The van der Waals surface area contributed by atoms with Crippen LogP contribution in [0.2, 0.25) is 0 Å². The highest BCUT2D eigenvalue weighted by Gasteiger charge is 1.91. The molecule has 0 aliphatic heterocycles. The minimum Gasteiger partial charge on any atom is -0.493 e. The van der Waals surface area contributed by atoms with Crippen LogP contribution in [0.4, 0.5) is 5.82 Å². The Hall–Kier alpha value is -1.25. The summed E-state index contributed by atoms with van der Waals surface area (Å²) >= 11 is 0. The van der Waals surface area contributed by atoms with Crippen LogP contribution < -0.4 is 5.32 Å². The fraction of sp³-hybridized carbons (Fsp3) is 0.375. The largest absolute Gasteiger partial charge is 0.493 e. The molecule has 0 unspecified atom stereocenters. The number of hydrogen-bond acceptors (Lipinski definition) is 3. The number of pyridine rings is 1. The van der Waals surface area contributed by atoms with Crippen molar-refractivity contribution in [2.24, 2.45) is 0 Å². The summed E-state index contributed by atoms with van der Waals surface area (Å²) in [5, 5.41) is 12.0. The maximum absolute atomic E-state index is 8.96. The van der Waals surface area contributed by atoms with E-state index < -0.39 is 0 Å². The average Bonchev–Trinajstić information content (AvgIpc) is 2.01. The van der Waals surface area contributed by atoms with E-state index in [-0.39, 0.29) is 5.88 Å². The predicted molar refractivity (Wildman–Crippen MR) is 44.7 cm³/mol. The summed E-state index contributed by atoms with van der Waals surface area (Å²) in [6, 6.07) is 5.15. The zero-order chi connectivity index (χ0) is 8.10. The topological polar surface area (TPSA) is 45.1 Å². The van der Waals surface area contributed by atoms with E-state index >= 15 is 0 Å². The Balaban J connectivity index is 2.56. The van der Waals surface area contributed by atoms with E-state index in [0.717, 1.165) is 18.8 Å². The number of hydrogen-bond donors (Lipinski definition) is 2. The molecule has 0 aliphatic carbocycles. The molecule has 0 amide bonds. The molecular weight excluding hydrogens is 140 g/mol. The van der Waals surface area contributed by atoms with E-state index in [1.165, 1.54) is 0 Å². The number of anilines is 1. The molecule has 0 radical (unpaired) electrons. The summed E-state index contributed by atoms with van der Waals surface area (Å²) in [5.74, 6) is 0.790. The predicted octanol–water partition coefficient (Wildman–Crippen LogP) is 1.61. The normalized spacial score (nSPS) is 9.55. The molecule has 3 heteroatoms. The van der Waals surface area contributed by atoms with Crippen molar-refractivity contribution in [2.75, 3.05) is 11.9 Å². The van der Waals surface area contributed by atoms with Crippen LogP contribution in [0.5, 0.6) is 5.88 Å². The van der Waals surface area contributed by atoms with Gasteiger partial charge in [0, 0.05) is 12.6 Å². The second-order valence-electron chi connectivity index (χ2n) is 2.31. The fourth-order valence-corrected chi connectivity index (χ4v) is 0.775. The van der Waals surface area contributed by atoms with Gasteiger partial charge in [-0.15, -0.1) is 0 Å². The standard InChI is InChI=1S/C8H12N2O/c1-2-6-9-7-4-3-5-8(11)10-7/h3-5H,2,6H2,1H3,(H2,9,10,11). The Kier molecular flexibility index (Phi) is 2.72. The summed E-state index contributed by atoms with van der Waals surface area (Å²) in [5.41, 5.74) is 0.